The third-order valence-corrected chi connectivity index (χ3v) is 15.2. The van der Waals surface area contributed by atoms with E-state index < -0.39 is 0 Å². The first-order valence-electron chi connectivity index (χ1n) is 22.6. The molecule has 0 N–H and O–H groups in total. The summed E-state index contributed by atoms with van der Waals surface area (Å²) in [6.07, 6.45) is 28.4. The molecular formula is C48H68BN2O+. The number of ether oxygens (including phenoxy) is 1. The van der Waals surface area contributed by atoms with Crippen molar-refractivity contribution in [2.75, 3.05) is 18.0 Å². The first-order chi connectivity index (χ1) is 25.8. The van der Waals surface area contributed by atoms with Gasteiger partial charge in [-0.2, -0.15) is 4.58 Å². The van der Waals surface area contributed by atoms with E-state index >= 15 is 0 Å². The van der Waals surface area contributed by atoms with Crippen LogP contribution < -0.4 is 4.90 Å². The summed E-state index contributed by atoms with van der Waals surface area (Å²) in [6, 6.07) is 17.9. The van der Waals surface area contributed by atoms with E-state index in [9.17, 15) is 0 Å². The second kappa shape index (κ2) is 14.6. The highest BCUT2D eigenvalue weighted by Crippen LogP contribution is 2.54. The molecule has 278 valence electrons. The predicted octanol–water partition coefficient (Wildman–Crippen LogP) is 12.7. The molecule has 2 aromatic carbocycles. The van der Waals surface area contributed by atoms with Crippen molar-refractivity contribution in [2.24, 2.45) is 0 Å². The quantitative estimate of drug-likeness (QED) is 0.234. The summed E-state index contributed by atoms with van der Waals surface area (Å²) in [6.45, 7) is 12.8. The zero-order valence-electron chi connectivity index (χ0n) is 34.4. The summed E-state index contributed by atoms with van der Waals surface area (Å²) in [4.78, 5) is 2.57. The molecule has 3 saturated carbocycles. The van der Waals surface area contributed by atoms with E-state index in [2.05, 4.69) is 91.8 Å². The summed E-state index contributed by atoms with van der Waals surface area (Å²) in [5.74, 6) is 3.37. The van der Waals surface area contributed by atoms with Gasteiger partial charge in [0.05, 0.1) is 17.6 Å². The Hall–Kier alpha value is -2.59. The first-order valence-corrected chi connectivity index (χ1v) is 21.6. The minimum atomic E-state index is -0.00890. The van der Waals surface area contributed by atoms with Crippen LogP contribution in [0.25, 0.3) is 0 Å². The maximum Gasteiger partial charge on any atom is 0.209 e. The lowest BCUT2D eigenvalue weighted by atomic mass is 9.24. The lowest BCUT2D eigenvalue weighted by Crippen LogP contribution is -2.47. The summed E-state index contributed by atoms with van der Waals surface area (Å²) < 4.78 is 15.2. The van der Waals surface area contributed by atoms with Crippen LogP contribution in [0.2, 0.25) is 17.5 Å². The number of para-hydroxylation sites is 2. The average Bonchev–Trinajstić information content (AvgIpc) is 3.59. The van der Waals surface area contributed by atoms with Crippen LogP contribution in [0.4, 0.5) is 11.4 Å². The molecule has 3 aliphatic carbocycles. The van der Waals surface area contributed by atoms with Crippen LogP contribution in [0.15, 0.2) is 71.5 Å². The molecule has 0 bridgehead atoms. The number of fused-ring (bicyclic) bond motifs is 8. The van der Waals surface area contributed by atoms with Crippen LogP contribution in [0, 0.1) is 0 Å². The number of anilines is 1. The topological polar surface area (TPSA) is 15.5 Å². The van der Waals surface area contributed by atoms with Gasteiger partial charge in [-0.3, -0.25) is 0 Å². The van der Waals surface area contributed by atoms with Gasteiger partial charge in [0.1, 0.15) is 6.71 Å². The minimum Gasteiger partial charge on any atom is -0.365 e. The van der Waals surface area contributed by atoms with Crippen molar-refractivity contribution >= 4 is 23.8 Å². The molecule has 52 heavy (non-hydrogen) atoms. The number of allylic oxidation sites excluding steroid dienone is 1. The lowest BCUT2D eigenvalue weighted by molar-refractivity contribution is -0.445. The van der Waals surface area contributed by atoms with Crippen molar-refractivity contribution in [1.29, 1.82) is 0 Å². The molecule has 0 amide bonds. The van der Waals surface area contributed by atoms with Crippen LogP contribution in [-0.4, -0.2) is 42.3 Å². The van der Waals surface area contributed by atoms with E-state index in [0.717, 1.165) is 50.1 Å². The molecule has 0 aromatic heterocycles. The van der Waals surface area contributed by atoms with E-state index in [1.54, 1.807) is 77.0 Å². The molecule has 2 atom stereocenters. The summed E-state index contributed by atoms with van der Waals surface area (Å²) in [5.41, 5.74) is 11.3. The smallest absolute Gasteiger partial charge is 0.209 e. The molecule has 2 unspecified atom stereocenters. The molecule has 4 heteroatoms. The van der Waals surface area contributed by atoms with E-state index in [1.807, 2.05) is 0 Å². The number of rotatable bonds is 3. The van der Waals surface area contributed by atoms with Crippen molar-refractivity contribution in [3.8, 4) is 0 Å². The van der Waals surface area contributed by atoms with Crippen LogP contribution in [0.5, 0.6) is 0 Å². The van der Waals surface area contributed by atoms with E-state index in [4.69, 9.17) is 6.11 Å². The van der Waals surface area contributed by atoms with Gasteiger partial charge in [-0.25, -0.2) is 0 Å². The number of benzene rings is 2. The van der Waals surface area contributed by atoms with Gasteiger partial charge in [-0.05, 0) is 38.0 Å². The molecule has 3 nitrogen and oxygen atoms in total. The molecule has 0 saturated heterocycles. The Bertz CT molecular complexity index is 1680. The van der Waals surface area contributed by atoms with Gasteiger partial charge in [0.25, 0.3) is 0 Å². The average molecular weight is 702 g/mol. The Labute approximate surface area is 318 Å². The van der Waals surface area contributed by atoms with Gasteiger partial charge in [0.2, 0.25) is 5.69 Å². The number of nitrogens with zero attached hydrogens (tertiary/aromatic N) is 2. The van der Waals surface area contributed by atoms with Crippen molar-refractivity contribution in [1.82, 2.24) is 0 Å². The molecule has 5 heterocycles. The monoisotopic (exact) mass is 702 g/mol. The highest BCUT2D eigenvalue weighted by atomic mass is 16.5. The molecule has 0 spiro atoms. The molecule has 5 aliphatic heterocycles. The Morgan fingerprint density at radius 3 is 1.85 bits per heavy atom. The van der Waals surface area contributed by atoms with E-state index in [0.29, 0.717) is 0 Å². The van der Waals surface area contributed by atoms with Gasteiger partial charge >= 0.3 is 0 Å². The number of hydrogen-bond donors (Lipinski definition) is 0. The second-order valence-corrected chi connectivity index (χ2v) is 18.8. The third-order valence-electron chi connectivity index (χ3n) is 15.2. The van der Waals surface area contributed by atoms with Gasteiger partial charge in [0.15, 0.2) is 12.3 Å². The molecular weight excluding hydrogens is 631 g/mol. The molecule has 3 fully saturated rings. The molecule has 8 aliphatic rings. The largest absolute Gasteiger partial charge is 0.365 e. The summed E-state index contributed by atoms with van der Waals surface area (Å²) >= 11 is 0. The Morgan fingerprint density at radius 1 is 0.673 bits per heavy atom. The molecule has 10 rings (SSSR count). The van der Waals surface area contributed by atoms with Crippen LogP contribution in [0.1, 0.15) is 157 Å². The van der Waals surface area contributed by atoms with Crippen molar-refractivity contribution in [3.63, 3.8) is 0 Å². The number of hydrogen-bond acceptors (Lipinski definition) is 2. The Morgan fingerprint density at radius 2 is 1.23 bits per heavy atom. The van der Waals surface area contributed by atoms with E-state index in [-0.39, 0.29) is 23.0 Å². The van der Waals surface area contributed by atoms with E-state index in [1.165, 1.54) is 71.7 Å². The Balaban J connectivity index is 0.000000163. The summed E-state index contributed by atoms with van der Waals surface area (Å²) in [7, 11) is 1.25. The highest BCUT2D eigenvalue weighted by Gasteiger charge is 2.54. The fourth-order valence-corrected chi connectivity index (χ4v) is 12.9. The van der Waals surface area contributed by atoms with Crippen LogP contribution in [-0.2, 0) is 15.6 Å². The first kappa shape index (κ1) is 35.1. The molecule has 0 radical (unpaired) electrons. The zero-order valence-corrected chi connectivity index (χ0v) is 33.4. The normalized spacial score (nSPS) is 28.0. The van der Waals surface area contributed by atoms with Gasteiger partial charge in [0, 0.05) is 53.9 Å². The van der Waals surface area contributed by atoms with Gasteiger partial charge in [-0.15, -0.1) is 0 Å². The van der Waals surface area contributed by atoms with Gasteiger partial charge in [-0.1, -0.05) is 171 Å². The minimum absolute atomic E-state index is 0.00890. The SMILES string of the molecule is C1CCC(B(C2CCCCC2)C2CCCCC2)CC1.CC1(C)C2=C3C=C4C5=[N+](CCC4OC3CCN2c2ccccc21)c1ccccc1C5(C)C.[3H]C. The zero-order chi connectivity index (χ0) is 36.7. The fraction of sp³-hybridized carbons (Fsp3) is 0.646. The predicted molar refractivity (Wildman–Crippen MR) is 222 cm³/mol. The second-order valence-electron chi connectivity index (χ2n) is 18.8. The summed E-state index contributed by atoms with van der Waals surface area (Å²) in [5, 5.41) is 0. The Kier molecular flexibility index (Phi) is 9.85. The van der Waals surface area contributed by atoms with Crippen molar-refractivity contribution in [3.05, 3.63) is 82.6 Å². The standard InChI is InChI=1S/C29H31N2O.C18H33B.CH4/c1-28(2)20-9-5-7-11-22(20)30-15-13-24-18(26(28)30)17-19-25(32-24)14-16-31-23-12-8-6-10-21(23)29(3,4)27(19)31;1-4-10-16(11-5-1)19(17-12-6-2-7-13-17)18-14-8-3-9-15-18;/h5-12,17,24-25H,13-16H2,1-4H3;16-18H,1-15H2;1H4/q+1;;/i;;1T. The lowest BCUT2D eigenvalue weighted by Gasteiger charge is -2.42. The van der Waals surface area contributed by atoms with Gasteiger partial charge < -0.3 is 9.64 Å². The van der Waals surface area contributed by atoms with Crippen LogP contribution >= 0.6 is 0 Å². The van der Waals surface area contributed by atoms with Crippen molar-refractivity contribution in [2.45, 2.75) is 185 Å². The maximum absolute atomic E-state index is 6.89. The highest BCUT2D eigenvalue weighted by molar-refractivity contribution is 6.63. The maximum atomic E-state index is 6.89. The molecule has 2 aromatic rings. The fourth-order valence-electron chi connectivity index (χ4n) is 12.9. The van der Waals surface area contributed by atoms with Crippen LogP contribution in [0.3, 0.4) is 0 Å². The third kappa shape index (κ3) is 6.10. The van der Waals surface area contributed by atoms with Crippen molar-refractivity contribution < 1.29 is 10.7 Å².